The van der Waals surface area contributed by atoms with Crippen molar-refractivity contribution < 1.29 is 4.79 Å². The van der Waals surface area contributed by atoms with Crippen molar-refractivity contribution in [3.05, 3.63) is 35.4 Å². The summed E-state index contributed by atoms with van der Waals surface area (Å²) in [6, 6.07) is 7.63. The van der Waals surface area contributed by atoms with Gasteiger partial charge in [0, 0.05) is 12.1 Å². The molecule has 0 saturated heterocycles. The Kier molecular flexibility index (Phi) is 3.70. The van der Waals surface area contributed by atoms with Crippen LogP contribution in [0.2, 0.25) is 0 Å². The van der Waals surface area contributed by atoms with Crippen LogP contribution in [-0.2, 0) is 5.41 Å². The highest BCUT2D eigenvalue weighted by Gasteiger charge is 2.15. The van der Waals surface area contributed by atoms with E-state index in [4.69, 9.17) is 5.84 Å². The first-order valence-corrected chi connectivity index (χ1v) is 5.53. The first kappa shape index (κ1) is 12.7. The lowest BCUT2D eigenvalue weighted by atomic mass is 9.87. The second kappa shape index (κ2) is 4.66. The number of hydrogen-bond donors (Lipinski definition) is 1. The van der Waals surface area contributed by atoms with E-state index >= 15 is 0 Å². The van der Waals surface area contributed by atoms with Gasteiger partial charge in [0.2, 0.25) is 0 Å². The van der Waals surface area contributed by atoms with Crippen LogP contribution >= 0.6 is 0 Å². The van der Waals surface area contributed by atoms with E-state index in [2.05, 4.69) is 20.8 Å². The molecule has 1 amide bonds. The summed E-state index contributed by atoms with van der Waals surface area (Å²) in [6.45, 7) is 8.79. The highest BCUT2D eigenvalue weighted by Crippen LogP contribution is 2.22. The first-order chi connectivity index (χ1) is 7.36. The third kappa shape index (κ3) is 2.83. The second-order valence-corrected chi connectivity index (χ2v) is 4.92. The molecule has 1 aromatic rings. The fraction of sp³-hybridized carbons (Fsp3) is 0.462. The monoisotopic (exact) mass is 220 g/mol. The Morgan fingerprint density at radius 1 is 1.25 bits per heavy atom. The molecule has 0 radical (unpaired) electrons. The average Bonchev–Trinajstić information content (AvgIpc) is 2.26. The third-order valence-corrected chi connectivity index (χ3v) is 2.60. The topological polar surface area (TPSA) is 46.3 Å². The summed E-state index contributed by atoms with van der Waals surface area (Å²) in [5.74, 6) is 5.42. The van der Waals surface area contributed by atoms with Gasteiger partial charge < -0.3 is 0 Å². The third-order valence-electron chi connectivity index (χ3n) is 2.60. The van der Waals surface area contributed by atoms with Crippen molar-refractivity contribution in [2.45, 2.75) is 33.1 Å². The number of hydrazine groups is 1. The summed E-state index contributed by atoms with van der Waals surface area (Å²) in [6.07, 6.45) is 0. The molecule has 0 saturated carbocycles. The minimum Gasteiger partial charge on any atom is -0.277 e. The van der Waals surface area contributed by atoms with Gasteiger partial charge in [0.15, 0.2) is 0 Å². The van der Waals surface area contributed by atoms with Gasteiger partial charge in [-0.3, -0.25) is 9.80 Å². The fourth-order valence-corrected chi connectivity index (χ4v) is 1.42. The number of carbonyl (C=O) groups is 1. The summed E-state index contributed by atoms with van der Waals surface area (Å²) >= 11 is 0. The molecule has 1 rings (SSSR count). The molecule has 0 atom stereocenters. The van der Waals surface area contributed by atoms with Gasteiger partial charge in [0.1, 0.15) is 0 Å². The van der Waals surface area contributed by atoms with Crippen LogP contribution < -0.4 is 5.84 Å². The van der Waals surface area contributed by atoms with Crippen molar-refractivity contribution in [1.29, 1.82) is 0 Å². The van der Waals surface area contributed by atoms with E-state index in [0.717, 1.165) is 0 Å². The maximum absolute atomic E-state index is 11.7. The molecule has 0 aromatic heterocycles. The summed E-state index contributed by atoms with van der Waals surface area (Å²) in [7, 11) is 0. The molecule has 88 valence electrons. The molecule has 0 bridgehead atoms. The van der Waals surface area contributed by atoms with E-state index in [1.54, 1.807) is 0 Å². The van der Waals surface area contributed by atoms with Crippen molar-refractivity contribution in [1.82, 2.24) is 5.01 Å². The number of nitrogens with two attached hydrogens (primary N) is 1. The van der Waals surface area contributed by atoms with Gasteiger partial charge in [-0.05, 0) is 30.0 Å². The largest absolute Gasteiger partial charge is 0.277 e. The van der Waals surface area contributed by atoms with Crippen LogP contribution in [0.5, 0.6) is 0 Å². The Morgan fingerprint density at radius 2 is 1.75 bits per heavy atom. The lowest BCUT2D eigenvalue weighted by molar-refractivity contribution is 0.0764. The van der Waals surface area contributed by atoms with Crippen molar-refractivity contribution >= 4 is 5.91 Å². The second-order valence-electron chi connectivity index (χ2n) is 4.92. The number of carbonyl (C=O) groups excluding carboxylic acids is 1. The molecule has 0 unspecified atom stereocenters. The van der Waals surface area contributed by atoms with Crippen LogP contribution in [0.25, 0.3) is 0 Å². The van der Waals surface area contributed by atoms with Crippen molar-refractivity contribution in [2.75, 3.05) is 6.54 Å². The predicted molar refractivity (Wildman–Crippen MR) is 66.0 cm³/mol. The van der Waals surface area contributed by atoms with E-state index < -0.39 is 0 Å². The van der Waals surface area contributed by atoms with Crippen LogP contribution in [-0.4, -0.2) is 17.5 Å². The lowest BCUT2D eigenvalue weighted by Crippen LogP contribution is -2.37. The zero-order chi connectivity index (χ0) is 12.3. The van der Waals surface area contributed by atoms with Crippen LogP contribution in [0.15, 0.2) is 24.3 Å². The summed E-state index contributed by atoms with van der Waals surface area (Å²) in [5.41, 5.74) is 1.95. The molecule has 0 aliphatic rings. The SMILES string of the molecule is CCN(N)C(=O)c1ccc(C(C)(C)C)cc1. The van der Waals surface area contributed by atoms with Gasteiger partial charge in [-0.15, -0.1) is 0 Å². The molecule has 0 fully saturated rings. The summed E-state index contributed by atoms with van der Waals surface area (Å²) in [5, 5.41) is 1.21. The number of hydrogen-bond acceptors (Lipinski definition) is 2. The van der Waals surface area contributed by atoms with E-state index in [-0.39, 0.29) is 11.3 Å². The Labute approximate surface area is 97.2 Å². The lowest BCUT2D eigenvalue weighted by Gasteiger charge is -2.20. The normalized spacial score (nSPS) is 11.3. The van der Waals surface area contributed by atoms with Crippen LogP contribution in [0, 0.1) is 0 Å². The van der Waals surface area contributed by atoms with Crippen molar-refractivity contribution in [3.8, 4) is 0 Å². The molecule has 16 heavy (non-hydrogen) atoms. The van der Waals surface area contributed by atoms with Crippen LogP contribution in [0.4, 0.5) is 0 Å². The molecule has 3 nitrogen and oxygen atoms in total. The molecular formula is C13H20N2O. The van der Waals surface area contributed by atoms with Gasteiger partial charge in [-0.2, -0.15) is 0 Å². The highest BCUT2D eigenvalue weighted by molar-refractivity contribution is 5.93. The van der Waals surface area contributed by atoms with Crippen LogP contribution in [0.1, 0.15) is 43.6 Å². The molecule has 0 spiro atoms. The molecule has 2 N–H and O–H groups in total. The average molecular weight is 220 g/mol. The fourth-order valence-electron chi connectivity index (χ4n) is 1.42. The first-order valence-electron chi connectivity index (χ1n) is 5.53. The number of amides is 1. The Hall–Kier alpha value is -1.35. The minimum atomic E-state index is -0.136. The van der Waals surface area contributed by atoms with Gasteiger partial charge >= 0.3 is 0 Å². The quantitative estimate of drug-likeness (QED) is 0.472. The standard InChI is InChI=1S/C13H20N2O/c1-5-15(14)12(16)10-6-8-11(9-7-10)13(2,3)4/h6-9H,5,14H2,1-4H3. The van der Waals surface area contributed by atoms with Gasteiger partial charge in [0.25, 0.3) is 5.91 Å². The van der Waals surface area contributed by atoms with E-state index in [1.165, 1.54) is 10.6 Å². The van der Waals surface area contributed by atoms with Gasteiger partial charge in [-0.25, -0.2) is 5.84 Å². The molecule has 0 heterocycles. The van der Waals surface area contributed by atoms with Gasteiger partial charge in [0.05, 0.1) is 0 Å². The molecule has 0 aliphatic carbocycles. The smallest absolute Gasteiger partial charge is 0.267 e. The number of rotatable bonds is 2. The van der Waals surface area contributed by atoms with E-state index in [1.807, 2.05) is 31.2 Å². The van der Waals surface area contributed by atoms with Crippen LogP contribution in [0.3, 0.4) is 0 Å². The highest BCUT2D eigenvalue weighted by atomic mass is 16.2. The zero-order valence-electron chi connectivity index (χ0n) is 10.4. The maximum atomic E-state index is 11.7. The number of benzene rings is 1. The number of nitrogens with zero attached hydrogens (tertiary/aromatic N) is 1. The molecular weight excluding hydrogens is 200 g/mol. The molecule has 1 aromatic carbocycles. The molecule has 0 aliphatic heterocycles. The Bertz CT molecular complexity index is 363. The molecule has 3 heteroatoms. The zero-order valence-corrected chi connectivity index (χ0v) is 10.4. The Balaban J connectivity index is 2.91. The van der Waals surface area contributed by atoms with E-state index in [0.29, 0.717) is 12.1 Å². The predicted octanol–water partition coefficient (Wildman–Crippen LogP) is 2.32. The Morgan fingerprint density at radius 3 is 2.12 bits per heavy atom. The summed E-state index contributed by atoms with van der Waals surface area (Å²) in [4.78, 5) is 11.7. The maximum Gasteiger partial charge on any atom is 0.267 e. The summed E-state index contributed by atoms with van der Waals surface area (Å²) < 4.78 is 0. The van der Waals surface area contributed by atoms with Crippen molar-refractivity contribution in [3.63, 3.8) is 0 Å². The minimum absolute atomic E-state index is 0.106. The van der Waals surface area contributed by atoms with Crippen molar-refractivity contribution in [2.24, 2.45) is 5.84 Å². The van der Waals surface area contributed by atoms with E-state index in [9.17, 15) is 4.79 Å². The van der Waals surface area contributed by atoms with Gasteiger partial charge in [-0.1, -0.05) is 32.9 Å².